The zero-order valence-electron chi connectivity index (χ0n) is 13.7. The van der Waals surface area contributed by atoms with Crippen molar-refractivity contribution in [2.45, 2.75) is 52.6 Å². The number of nitrogens with zero attached hydrogens (tertiary/aromatic N) is 1. The molecule has 0 aromatic heterocycles. The molecule has 2 nitrogen and oxygen atoms in total. The monoisotopic (exact) mass is 249 g/mol. The Morgan fingerprint density at radius 2 is 1.47 bits per heavy atom. The molecule has 5 heteroatoms. The van der Waals surface area contributed by atoms with E-state index >= 15 is 0 Å². The number of ether oxygens (including phenoxy) is 1. The van der Waals surface area contributed by atoms with Gasteiger partial charge in [-0.05, 0) is 52.6 Å². The first kappa shape index (κ1) is 22.2. The Kier molecular flexibility index (Phi) is 14.7. The van der Waals surface area contributed by atoms with Crippen LogP contribution in [0.2, 0.25) is 0 Å². The molecule has 2 rings (SSSR count). The van der Waals surface area contributed by atoms with E-state index in [1.165, 1.54) is 12.8 Å². The van der Waals surface area contributed by atoms with Gasteiger partial charge in [-0.15, -0.1) is 0 Å². The Hall–Kier alpha value is 0.890. The van der Waals surface area contributed by atoms with Gasteiger partial charge >= 0.3 is 37.7 Å². The fourth-order valence-electron chi connectivity index (χ4n) is 2.41. The van der Waals surface area contributed by atoms with E-state index in [0.717, 1.165) is 13.2 Å². The van der Waals surface area contributed by atoms with Gasteiger partial charge in [0.2, 0.25) is 0 Å². The van der Waals surface area contributed by atoms with Crippen molar-refractivity contribution in [2.75, 3.05) is 13.2 Å². The maximum absolute atomic E-state index is 4.94. The predicted molar refractivity (Wildman–Crippen MR) is 76.9 cm³/mol. The molecule has 0 amide bonds. The first-order chi connectivity index (χ1) is 8.13. The fourth-order valence-corrected chi connectivity index (χ4v) is 2.41. The second-order valence-corrected chi connectivity index (χ2v) is 5.21. The SMILES string of the molecule is C1CCOC1.CC(C)N([B-]1=C[CH][CH][CH]1)C(C)C.[Li+].[Li+]. The van der Waals surface area contributed by atoms with Crippen LogP contribution in [-0.2, 0) is 4.74 Å². The molecule has 0 N–H and O–H groups in total. The Morgan fingerprint density at radius 3 is 1.74 bits per heavy atom. The molecule has 3 radical (unpaired) electrons. The second kappa shape index (κ2) is 12.6. The zero-order valence-corrected chi connectivity index (χ0v) is 13.7. The van der Waals surface area contributed by atoms with Crippen LogP contribution in [0.3, 0.4) is 0 Å². The van der Waals surface area contributed by atoms with Gasteiger partial charge < -0.3 is 9.55 Å². The van der Waals surface area contributed by atoms with E-state index in [1.807, 2.05) is 0 Å². The van der Waals surface area contributed by atoms with Gasteiger partial charge in [-0.1, -0.05) is 19.3 Å². The minimum absolute atomic E-state index is 0. The third-order valence-electron chi connectivity index (χ3n) is 3.09. The molecule has 1 saturated heterocycles. The Morgan fingerprint density at radius 1 is 0.947 bits per heavy atom. The minimum Gasteiger partial charge on any atom is -0.583 e. The molecule has 0 aromatic carbocycles. The molecule has 2 aliphatic rings. The molecule has 2 aliphatic heterocycles. The van der Waals surface area contributed by atoms with Crippen molar-refractivity contribution in [1.29, 1.82) is 0 Å². The molecular weight excluding hydrogens is 223 g/mol. The first-order valence-electron chi connectivity index (χ1n) is 6.83. The molecule has 2 heterocycles. The fraction of sp³-hybridized carbons (Fsp3) is 0.714. The van der Waals surface area contributed by atoms with E-state index in [0.29, 0.717) is 18.6 Å². The van der Waals surface area contributed by atoms with E-state index in [9.17, 15) is 0 Å². The smallest absolute Gasteiger partial charge is 0.583 e. The predicted octanol–water partition coefficient (Wildman–Crippen LogP) is -3.55. The molecular formula is C14H26BLi2NO+. The molecule has 0 bridgehead atoms. The molecule has 0 spiro atoms. The van der Waals surface area contributed by atoms with Crippen molar-refractivity contribution in [3.63, 3.8) is 0 Å². The average Bonchev–Trinajstić information content (AvgIpc) is 2.91. The van der Waals surface area contributed by atoms with Crippen LogP contribution in [0.15, 0.2) is 0 Å². The van der Waals surface area contributed by atoms with Crippen molar-refractivity contribution in [3.05, 3.63) is 19.2 Å². The van der Waals surface area contributed by atoms with Gasteiger partial charge in [0.1, 0.15) is 0 Å². The van der Waals surface area contributed by atoms with Crippen LogP contribution in [0.25, 0.3) is 0 Å². The Bertz CT molecular complexity index is 228. The molecule has 19 heavy (non-hydrogen) atoms. The molecule has 0 unspecified atom stereocenters. The Labute approximate surface area is 144 Å². The van der Waals surface area contributed by atoms with Crippen molar-refractivity contribution in [3.8, 4) is 0 Å². The Balaban J connectivity index is 0. The van der Waals surface area contributed by atoms with Crippen LogP contribution in [0.4, 0.5) is 0 Å². The summed E-state index contributed by atoms with van der Waals surface area (Å²) in [7, 11) is 0. The van der Waals surface area contributed by atoms with Crippen molar-refractivity contribution >= 4 is 12.5 Å². The van der Waals surface area contributed by atoms with E-state index in [-0.39, 0.29) is 37.7 Å². The van der Waals surface area contributed by atoms with E-state index in [4.69, 9.17) is 4.74 Å². The third kappa shape index (κ3) is 8.70. The van der Waals surface area contributed by atoms with E-state index < -0.39 is 0 Å². The van der Waals surface area contributed by atoms with Crippen LogP contribution in [-0.4, -0.2) is 42.6 Å². The van der Waals surface area contributed by atoms with Crippen molar-refractivity contribution in [1.82, 2.24) is 4.81 Å². The summed E-state index contributed by atoms with van der Waals surface area (Å²) in [4.78, 5) is 2.50. The summed E-state index contributed by atoms with van der Waals surface area (Å²) in [6.45, 7) is 11.5. The summed E-state index contributed by atoms with van der Waals surface area (Å²) in [6, 6.07) is 1.23. The van der Waals surface area contributed by atoms with Crippen LogP contribution in [0.5, 0.6) is 0 Å². The number of rotatable bonds is 3. The summed E-state index contributed by atoms with van der Waals surface area (Å²) in [5.41, 5.74) is 0. The molecule has 1 fully saturated rings. The van der Waals surface area contributed by atoms with Gasteiger partial charge in [0.25, 0.3) is 0 Å². The molecule has 0 atom stereocenters. The maximum Gasteiger partial charge on any atom is 1.00 e. The maximum atomic E-state index is 4.94. The minimum atomic E-state index is 0. The first-order valence-corrected chi connectivity index (χ1v) is 6.83. The summed E-state index contributed by atoms with van der Waals surface area (Å²) >= 11 is 0. The van der Waals surface area contributed by atoms with Gasteiger partial charge in [-0.3, -0.25) is 5.97 Å². The van der Waals surface area contributed by atoms with E-state index in [2.05, 4.69) is 57.6 Å². The normalized spacial score (nSPS) is 17.3. The molecule has 97 valence electrons. The quantitative estimate of drug-likeness (QED) is 0.480. The van der Waals surface area contributed by atoms with Gasteiger partial charge in [0, 0.05) is 13.2 Å². The summed E-state index contributed by atoms with van der Waals surface area (Å²) in [5.74, 6) is 2.25. The van der Waals surface area contributed by atoms with Gasteiger partial charge in [0.05, 0.1) is 0 Å². The van der Waals surface area contributed by atoms with Gasteiger partial charge in [0.15, 0.2) is 0 Å². The third-order valence-corrected chi connectivity index (χ3v) is 3.09. The van der Waals surface area contributed by atoms with Crippen LogP contribution in [0.1, 0.15) is 40.5 Å². The van der Waals surface area contributed by atoms with Gasteiger partial charge in [-0.2, -0.15) is 6.32 Å². The largest absolute Gasteiger partial charge is 1.00 e. The molecule has 0 saturated carbocycles. The van der Waals surface area contributed by atoms with Gasteiger partial charge in [-0.25, -0.2) is 0 Å². The van der Waals surface area contributed by atoms with E-state index in [1.54, 1.807) is 0 Å². The standard InChI is InChI=1S/C10H18BN.C4H8O.2Li/c1-9(2)12(10(3)4)11-7-5-6-8-11;1-2-4-5-3-1;;/h5-10H,1-4H3;1-4H2;;/q-1;;2*+1. The van der Waals surface area contributed by atoms with Crippen LogP contribution < -0.4 is 37.7 Å². The van der Waals surface area contributed by atoms with Crippen molar-refractivity contribution in [2.24, 2.45) is 0 Å². The number of hydrogen-bond donors (Lipinski definition) is 0. The average molecular weight is 249 g/mol. The van der Waals surface area contributed by atoms with Crippen LogP contribution in [0, 0.1) is 19.2 Å². The topological polar surface area (TPSA) is 12.5 Å². The summed E-state index contributed by atoms with van der Waals surface area (Å²) in [5, 5.41) is 0. The second-order valence-electron chi connectivity index (χ2n) is 5.21. The molecule has 0 aliphatic carbocycles. The zero-order chi connectivity index (χ0) is 12.7. The van der Waals surface area contributed by atoms with Crippen molar-refractivity contribution < 1.29 is 42.5 Å². The number of hydrogen-bond acceptors (Lipinski definition) is 2. The summed E-state index contributed by atoms with van der Waals surface area (Å²) < 4.78 is 4.94. The summed E-state index contributed by atoms with van der Waals surface area (Å²) in [6.07, 6.45) is 9.06. The van der Waals surface area contributed by atoms with Crippen LogP contribution >= 0.6 is 0 Å². The molecule has 0 aromatic rings.